The average Bonchev–Trinajstić information content (AvgIpc) is 3.25. The molecule has 4 heteroatoms. The molecule has 1 N–H and O–H groups in total. The van der Waals surface area contributed by atoms with E-state index in [1.165, 1.54) is 23.3 Å². The van der Waals surface area contributed by atoms with E-state index in [0.717, 1.165) is 23.3 Å². The molecule has 0 aliphatic heterocycles. The Balaban J connectivity index is 1.73. The average molecular weight is 271 g/mol. The summed E-state index contributed by atoms with van der Waals surface area (Å²) in [5, 5.41) is 4.36. The Bertz CT molecular complexity index is 550. The lowest BCUT2D eigenvalue weighted by molar-refractivity contribution is 0.680. The van der Waals surface area contributed by atoms with Crippen molar-refractivity contribution in [1.82, 2.24) is 15.3 Å². The lowest BCUT2D eigenvalue weighted by Gasteiger charge is -2.09. The summed E-state index contributed by atoms with van der Waals surface area (Å²) in [5.74, 6) is 0. The molecule has 1 heterocycles. The van der Waals surface area contributed by atoms with Crippen LogP contribution >= 0.6 is 11.8 Å². The summed E-state index contributed by atoms with van der Waals surface area (Å²) < 4.78 is 0. The number of rotatable bonds is 5. The Morgan fingerprint density at radius 1 is 1.21 bits per heavy atom. The van der Waals surface area contributed by atoms with Gasteiger partial charge < -0.3 is 5.32 Å². The second-order valence-electron chi connectivity index (χ2n) is 4.91. The van der Waals surface area contributed by atoms with Gasteiger partial charge in [-0.15, -0.1) is 0 Å². The first-order valence-corrected chi connectivity index (χ1v) is 7.41. The van der Waals surface area contributed by atoms with E-state index in [2.05, 4.69) is 39.6 Å². The fourth-order valence-electron chi connectivity index (χ4n) is 1.82. The first-order valence-electron chi connectivity index (χ1n) is 6.59. The highest BCUT2D eigenvalue weighted by Crippen LogP contribution is 2.28. The molecular formula is C15H17N3S. The molecule has 98 valence electrons. The van der Waals surface area contributed by atoms with E-state index >= 15 is 0 Å². The topological polar surface area (TPSA) is 37.8 Å². The number of aromatic nitrogens is 2. The van der Waals surface area contributed by atoms with Crippen LogP contribution in [0.4, 0.5) is 0 Å². The van der Waals surface area contributed by atoms with Crippen molar-refractivity contribution in [2.45, 2.75) is 42.4 Å². The summed E-state index contributed by atoms with van der Waals surface area (Å²) >= 11 is 1.63. The van der Waals surface area contributed by atoms with Gasteiger partial charge in [-0.1, -0.05) is 18.2 Å². The van der Waals surface area contributed by atoms with Gasteiger partial charge in [0.05, 0.1) is 0 Å². The van der Waals surface area contributed by atoms with Crippen LogP contribution in [0, 0.1) is 6.92 Å². The zero-order chi connectivity index (χ0) is 13.1. The lowest BCUT2D eigenvalue weighted by Crippen LogP contribution is -2.15. The highest BCUT2D eigenvalue weighted by Gasteiger charge is 2.20. The Labute approximate surface area is 117 Å². The maximum absolute atomic E-state index is 4.35. The van der Waals surface area contributed by atoms with E-state index < -0.39 is 0 Å². The fraction of sp³-hybridized carbons (Fsp3) is 0.333. The molecule has 1 aliphatic carbocycles. The van der Waals surface area contributed by atoms with Crippen LogP contribution in [0.3, 0.4) is 0 Å². The highest BCUT2D eigenvalue weighted by molar-refractivity contribution is 7.99. The van der Waals surface area contributed by atoms with Gasteiger partial charge in [-0.05, 0) is 48.7 Å². The van der Waals surface area contributed by atoms with Crippen LogP contribution in [0.5, 0.6) is 0 Å². The maximum Gasteiger partial charge on any atom is 0.192 e. The van der Waals surface area contributed by atoms with Gasteiger partial charge in [-0.3, -0.25) is 0 Å². The second kappa shape index (κ2) is 5.72. The Morgan fingerprint density at radius 2 is 1.95 bits per heavy atom. The summed E-state index contributed by atoms with van der Waals surface area (Å²) in [6.07, 6.45) is 6.35. The zero-order valence-corrected chi connectivity index (χ0v) is 11.8. The molecule has 3 nitrogen and oxygen atoms in total. The molecule has 0 amide bonds. The summed E-state index contributed by atoms with van der Waals surface area (Å²) in [7, 11) is 0. The largest absolute Gasteiger partial charge is 0.310 e. The number of hydrogen-bond donors (Lipinski definition) is 1. The van der Waals surface area contributed by atoms with Crippen molar-refractivity contribution in [3.05, 3.63) is 47.8 Å². The normalized spacial score (nSPS) is 14.6. The molecule has 1 aliphatic rings. The predicted octanol–water partition coefficient (Wildman–Crippen LogP) is 3.19. The molecular weight excluding hydrogens is 254 g/mol. The molecule has 0 spiro atoms. The van der Waals surface area contributed by atoms with Gasteiger partial charge in [0.25, 0.3) is 0 Å². The van der Waals surface area contributed by atoms with Gasteiger partial charge in [0, 0.05) is 29.9 Å². The lowest BCUT2D eigenvalue weighted by atomic mass is 10.2. The quantitative estimate of drug-likeness (QED) is 0.848. The molecule has 1 aromatic carbocycles. The first-order chi connectivity index (χ1) is 9.31. The number of hydrogen-bond acceptors (Lipinski definition) is 4. The number of nitrogens with zero attached hydrogens (tertiary/aromatic N) is 2. The van der Waals surface area contributed by atoms with E-state index in [4.69, 9.17) is 0 Å². The minimum absolute atomic E-state index is 0.730. The minimum Gasteiger partial charge on any atom is -0.310 e. The summed E-state index contributed by atoms with van der Waals surface area (Å²) in [5.41, 5.74) is 2.41. The summed E-state index contributed by atoms with van der Waals surface area (Å²) in [6, 6.07) is 9.19. The zero-order valence-electron chi connectivity index (χ0n) is 11.0. The van der Waals surface area contributed by atoms with Crippen molar-refractivity contribution >= 4 is 11.8 Å². The molecule has 19 heavy (non-hydrogen) atoms. The predicted molar refractivity (Wildman–Crippen MR) is 77.2 cm³/mol. The Kier molecular flexibility index (Phi) is 3.80. The van der Waals surface area contributed by atoms with Crippen molar-refractivity contribution in [2.75, 3.05) is 0 Å². The summed E-state index contributed by atoms with van der Waals surface area (Å²) in [4.78, 5) is 9.94. The Hall–Kier alpha value is -1.39. The van der Waals surface area contributed by atoms with Crippen LogP contribution < -0.4 is 5.32 Å². The smallest absolute Gasteiger partial charge is 0.192 e. The van der Waals surface area contributed by atoms with Crippen molar-refractivity contribution in [2.24, 2.45) is 0 Å². The molecule has 0 saturated heterocycles. The monoisotopic (exact) mass is 271 g/mol. The van der Waals surface area contributed by atoms with E-state index in [1.54, 1.807) is 11.8 Å². The van der Waals surface area contributed by atoms with Gasteiger partial charge in [-0.25, -0.2) is 9.97 Å². The maximum atomic E-state index is 4.35. The minimum atomic E-state index is 0.730. The van der Waals surface area contributed by atoms with Gasteiger partial charge >= 0.3 is 0 Å². The third kappa shape index (κ3) is 3.55. The number of aryl methyl sites for hydroxylation is 1. The molecule has 1 saturated carbocycles. The number of nitrogens with one attached hydrogen (secondary N) is 1. The molecule has 0 unspecified atom stereocenters. The molecule has 1 aromatic heterocycles. The van der Waals surface area contributed by atoms with Crippen LogP contribution in [-0.2, 0) is 6.54 Å². The molecule has 0 bridgehead atoms. The van der Waals surface area contributed by atoms with E-state index in [-0.39, 0.29) is 0 Å². The molecule has 0 radical (unpaired) electrons. The first kappa shape index (κ1) is 12.6. The highest BCUT2D eigenvalue weighted by atomic mass is 32.2. The molecule has 2 aromatic rings. The van der Waals surface area contributed by atoms with E-state index in [1.807, 2.05) is 19.3 Å². The van der Waals surface area contributed by atoms with Crippen molar-refractivity contribution in [3.63, 3.8) is 0 Å². The van der Waals surface area contributed by atoms with Gasteiger partial charge in [-0.2, -0.15) is 0 Å². The van der Waals surface area contributed by atoms with Gasteiger partial charge in [0.1, 0.15) is 0 Å². The number of benzene rings is 1. The van der Waals surface area contributed by atoms with E-state index in [0.29, 0.717) is 0 Å². The third-order valence-corrected chi connectivity index (χ3v) is 4.10. The Morgan fingerprint density at radius 3 is 2.68 bits per heavy atom. The van der Waals surface area contributed by atoms with Gasteiger partial charge in [0.2, 0.25) is 0 Å². The van der Waals surface area contributed by atoms with Crippen LogP contribution in [0.2, 0.25) is 0 Å². The third-order valence-electron chi connectivity index (χ3n) is 3.09. The molecule has 1 fully saturated rings. The van der Waals surface area contributed by atoms with E-state index in [9.17, 15) is 0 Å². The molecule has 0 atom stereocenters. The second-order valence-corrected chi connectivity index (χ2v) is 5.92. The van der Waals surface area contributed by atoms with Gasteiger partial charge in [0.15, 0.2) is 5.16 Å². The fourth-order valence-corrected chi connectivity index (χ4v) is 2.65. The van der Waals surface area contributed by atoms with Crippen molar-refractivity contribution < 1.29 is 0 Å². The standard InChI is InChI=1S/C15H17N3S/c1-11-8-17-15(18-9-11)19-14-5-3-2-4-12(14)10-16-13-6-7-13/h2-5,8-9,13,16H,6-7,10H2,1H3. The van der Waals surface area contributed by atoms with Crippen LogP contribution in [0.1, 0.15) is 24.0 Å². The van der Waals surface area contributed by atoms with Crippen LogP contribution in [0.25, 0.3) is 0 Å². The molecule has 3 rings (SSSR count). The SMILES string of the molecule is Cc1cnc(Sc2ccccc2CNC2CC2)nc1. The van der Waals surface area contributed by atoms with Crippen LogP contribution in [0.15, 0.2) is 46.7 Å². The van der Waals surface area contributed by atoms with Crippen LogP contribution in [-0.4, -0.2) is 16.0 Å². The summed E-state index contributed by atoms with van der Waals surface area (Å²) in [6.45, 7) is 2.93. The van der Waals surface area contributed by atoms with Crippen molar-refractivity contribution in [3.8, 4) is 0 Å². The van der Waals surface area contributed by atoms with Crippen molar-refractivity contribution in [1.29, 1.82) is 0 Å².